The van der Waals surface area contributed by atoms with E-state index in [4.69, 9.17) is 11.6 Å². The molecule has 1 N–H and O–H groups in total. The Morgan fingerprint density at radius 1 is 1.12 bits per heavy atom. The topological polar surface area (TPSA) is 57.6 Å². The van der Waals surface area contributed by atoms with E-state index in [-0.39, 0.29) is 18.4 Å². The lowest BCUT2D eigenvalue weighted by Crippen LogP contribution is -2.30. The maximum absolute atomic E-state index is 12.6. The summed E-state index contributed by atoms with van der Waals surface area (Å²) in [5.74, 6) is -1.64. The summed E-state index contributed by atoms with van der Waals surface area (Å²) >= 11 is 5.93. The van der Waals surface area contributed by atoms with Crippen LogP contribution in [0.2, 0.25) is 5.02 Å². The predicted molar refractivity (Wildman–Crippen MR) is 101 cm³/mol. The van der Waals surface area contributed by atoms with Crippen molar-refractivity contribution in [3.8, 4) is 0 Å². The number of carboxylic acid groups (broad SMARTS) is 1. The largest absolute Gasteiger partial charge is 0.481 e. The van der Waals surface area contributed by atoms with Crippen LogP contribution in [0.5, 0.6) is 0 Å². The molecule has 0 radical (unpaired) electrons. The molecule has 1 fully saturated rings. The molecule has 26 heavy (non-hydrogen) atoms. The van der Waals surface area contributed by atoms with Crippen LogP contribution in [-0.4, -0.2) is 35.0 Å². The van der Waals surface area contributed by atoms with Crippen molar-refractivity contribution in [3.63, 3.8) is 0 Å². The van der Waals surface area contributed by atoms with Gasteiger partial charge in [0.05, 0.1) is 5.92 Å². The highest BCUT2D eigenvalue weighted by atomic mass is 35.5. The van der Waals surface area contributed by atoms with Gasteiger partial charge in [-0.2, -0.15) is 0 Å². The Balaban J connectivity index is 1.69. The van der Waals surface area contributed by atoms with E-state index in [1.807, 2.05) is 43.3 Å². The van der Waals surface area contributed by atoms with E-state index < -0.39 is 11.9 Å². The number of aryl methyl sites for hydroxylation is 2. The quantitative estimate of drug-likeness (QED) is 0.866. The summed E-state index contributed by atoms with van der Waals surface area (Å²) in [6, 6.07) is 15.2. The monoisotopic (exact) mass is 371 g/mol. The minimum absolute atomic E-state index is 0.0102. The lowest BCUT2D eigenvalue weighted by atomic mass is 9.89. The van der Waals surface area contributed by atoms with Gasteiger partial charge in [0.2, 0.25) is 5.91 Å². The van der Waals surface area contributed by atoms with Gasteiger partial charge in [-0.15, -0.1) is 0 Å². The summed E-state index contributed by atoms with van der Waals surface area (Å²) in [4.78, 5) is 26.0. The zero-order valence-electron chi connectivity index (χ0n) is 14.7. The molecule has 1 saturated heterocycles. The molecule has 0 aromatic heterocycles. The molecule has 3 rings (SSSR count). The zero-order chi connectivity index (χ0) is 18.7. The second kappa shape index (κ2) is 7.92. The first-order chi connectivity index (χ1) is 12.5. The molecule has 5 heteroatoms. The normalized spacial score (nSPS) is 19.5. The van der Waals surface area contributed by atoms with Gasteiger partial charge in [-0.25, -0.2) is 0 Å². The third-order valence-electron chi connectivity index (χ3n) is 5.16. The number of amides is 1. The van der Waals surface area contributed by atoms with E-state index in [9.17, 15) is 14.7 Å². The van der Waals surface area contributed by atoms with Crippen LogP contribution in [0.15, 0.2) is 48.5 Å². The fraction of sp³-hybridized carbons (Fsp3) is 0.333. The number of rotatable bonds is 5. The van der Waals surface area contributed by atoms with E-state index in [2.05, 4.69) is 0 Å². The molecule has 0 unspecified atom stereocenters. The number of aliphatic carboxylic acids is 1. The molecule has 2 aromatic carbocycles. The van der Waals surface area contributed by atoms with Crippen molar-refractivity contribution in [2.45, 2.75) is 25.7 Å². The lowest BCUT2D eigenvalue weighted by Gasteiger charge is -2.17. The SMILES string of the molecule is Cc1ccccc1CCC(=O)N1C[C@@H](C(=O)O)[C@H](c2ccc(Cl)cc2)C1. The summed E-state index contributed by atoms with van der Waals surface area (Å²) in [6.45, 7) is 2.73. The van der Waals surface area contributed by atoms with Gasteiger partial charge in [-0.05, 0) is 42.2 Å². The first-order valence-corrected chi connectivity index (χ1v) is 9.14. The van der Waals surface area contributed by atoms with Crippen molar-refractivity contribution >= 4 is 23.5 Å². The Morgan fingerprint density at radius 2 is 1.81 bits per heavy atom. The van der Waals surface area contributed by atoms with Crippen molar-refractivity contribution in [2.75, 3.05) is 13.1 Å². The van der Waals surface area contributed by atoms with Crippen LogP contribution in [0.25, 0.3) is 0 Å². The maximum Gasteiger partial charge on any atom is 0.308 e. The van der Waals surface area contributed by atoms with Crippen molar-refractivity contribution in [1.82, 2.24) is 4.90 Å². The summed E-state index contributed by atoms with van der Waals surface area (Å²) in [6.07, 6.45) is 1.07. The number of hydrogen-bond acceptors (Lipinski definition) is 2. The van der Waals surface area contributed by atoms with Crippen LogP contribution >= 0.6 is 11.6 Å². The first kappa shape index (κ1) is 18.5. The van der Waals surface area contributed by atoms with Gasteiger partial charge >= 0.3 is 5.97 Å². The molecule has 0 aliphatic carbocycles. The van der Waals surface area contributed by atoms with E-state index in [0.717, 1.165) is 11.1 Å². The fourth-order valence-electron chi connectivity index (χ4n) is 3.60. The highest BCUT2D eigenvalue weighted by Crippen LogP contribution is 2.34. The van der Waals surface area contributed by atoms with Crippen LogP contribution in [-0.2, 0) is 16.0 Å². The highest BCUT2D eigenvalue weighted by molar-refractivity contribution is 6.30. The number of likely N-dealkylation sites (tertiary alicyclic amines) is 1. The second-order valence-corrected chi connectivity index (χ2v) is 7.26. The molecule has 0 saturated carbocycles. The number of carbonyl (C=O) groups excluding carboxylic acids is 1. The van der Waals surface area contributed by atoms with Crippen molar-refractivity contribution in [2.24, 2.45) is 5.92 Å². The first-order valence-electron chi connectivity index (χ1n) is 8.76. The van der Waals surface area contributed by atoms with E-state index in [1.54, 1.807) is 17.0 Å². The Kier molecular flexibility index (Phi) is 5.62. The smallest absolute Gasteiger partial charge is 0.308 e. The van der Waals surface area contributed by atoms with Crippen molar-refractivity contribution < 1.29 is 14.7 Å². The zero-order valence-corrected chi connectivity index (χ0v) is 15.4. The van der Waals surface area contributed by atoms with Gasteiger partial charge in [-0.1, -0.05) is 48.0 Å². The molecule has 2 aromatic rings. The molecule has 136 valence electrons. The molecule has 1 aliphatic rings. The predicted octanol–water partition coefficient (Wildman–Crippen LogP) is 3.91. The summed E-state index contributed by atoms with van der Waals surface area (Å²) < 4.78 is 0. The summed E-state index contributed by atoms with van der Waals surface area (Å²) in [5.41, 5.74) is 3.24. The third-order valence-corrected chi connectivity index (χ3v) is 5.41. The number of nitrogens with zero attached hydrogens (tertiary/aromatic N) is 1. The van der Waals surface area contributed by atoms with Crippen LogP contribution in [0.4, 0.5) is 0 Å². The maximum atomic E-state index is 12.6. The number of hydrogen-bond donors (Lipinski definition) is 1. The Hall–Kier alpha value is -2.33. The van der Waals surface area contributed by atoms with Gasteiger partial charge in [0.25, 0.3) is 0 Å². The lowest BCUT2D eigenvalue weighted by molar-refractivity contribution is -0.141. The molecular weight excluding hydrogens is 350 g/mol. The van der Waals surface area contributed by atoms with Gasteiger partial charge in [0, 0.05) is 30.5 Å². The van der Waals surface area contributed by atoms with Gasteiger partial charge in [0.1, 0.15) is 0 Å². The average molecular weight is 372 g/mol. The molecule has 0 bridgehead atoms. The van der Waals surface area contributed by atoms with Crippen LogP contribution in [0, 0.1) is 12.8 Å². The number of carbonyl (C=O) groups is 2. The molecule has 0 spiro atoms. The van der Waals surface area contributed by atoms with E-state index in [0.29, 0.717) is 24.4 Å². The fourth-order valence-corrected chi connectivity index (χ4v) is 3.72. The Morgan fingerprint density at radius 3 is 2.46 bits per heavy atom. The summed E-state index contributed by atoms with van der Waals surface area (Å²) in [5, 5.41) is 10.2. The molecule has 4 nitrogen and oxygen atoms in total. The molecule has 2 atom stereocenters. The highest BCUT2D eigenvalue weighted by Gasteiger charge is 2.40. The third kappa shape index (κ3) is 4.07. The number of halogens is 1. The number of carboxylic acids is 1. The Bertz CT molecular complexity index is 803. The van der Waals surface area contributed by atoms with Crippen LogP contribution < -0.4 is 0 Å². The molecular formula is C21H22ClNO3. The molecule has 1 heterocycles. The van der Waals surface area contributed by atoms with Gasteiger partial charge in [0.15, 0.2) is 0 Å². The minimum atomic E-state index is -0.862. The average Bonchev–Trinajstić information content (AvgIpc) is 3.07. The van der Waals surface area contributed by atoms with E-state index >= 15 is 0 Å². The standard InChI is InChI=1S/C21H22ClNO3/c1-14-4-2-3-5-15(14)8-11-20(24)23-12-18(19(13-23)21(25)26)16-6-9-17(22)10-7-16/h2-7,9-10,18-19H,8,11-13H2,1H3,(H,25,26)/t18-,19+/m0/s1. The van der Waals surface area contributed by atoms with Crippen LogP contribution in [0.1, 0.15) is 29.0 Å². The minimum Gasteiger partial charge on any atom is -0.481 e. The molecule has 1 amide bonds. The van der Waals surface area contributed by atoms with Gasteiger partial charge in [-0.3, -0.25) is 9.59 Å². The Labute approximate surface area is 158 Å². The van der Waals surface area contributed by atoms with Crippen molar-refractivity contribution in [1.29, 1.82) is 0 Å². The van der Waals surface area contributed by atoms with E-state index in [1.165, 1.54) is 5.56 Å². The molecule has 1 aliphatic heterocycles. The second-order valence-electron chi connectivity index (χ2n) is 6.83. The van der Waals surface area contributed by atoms with Gasteiger partial charge < -0.3 is 10.0 Å². The summed E-state index contributed by atoms with van der Waals surface area (Å²) in [7, 11) is 0. The van der Waals surface area contributed by atoms with Crippen LogP contribution in [0.3, 0.4) is 0 Å². The number of benzene rings is 2. The van der Waals surface area contributed by atoms with Crippen molar-refractivity contribution in [3.05, 3.63) is 70.2 Å².